The maximum absolute atomic E-state index is 11.1. The Labute approximate surface area is 244 Å². The van der Waals surface area contributed by atoms with Crippen molar-refractivity contribution in [3.63, 3.8) is 0 Å². The van der Waals surface area contributed by atoms with E-state index in [1.54, 1.807) is 0 Å². The molecule has 0 unspecified atom stereocenters. The van der Waals surface area contributed by atoms with Crippen molar-refractivity contribution < 1.29 is 93.3 Å². The first-order chi connectivity index (χ1) is 17.8. The van der Waals surface area contributed by atoms with E-state index in [0.29, 0.717) is 6.42 Å². The van der Waals surface area contributed by atoms with Gasteiger partial charge in [0, 0.05) is 16.8 Å². The molecule has 2 aliphatic rings. The second-order valence-electron chi connectivity index (χ2n) is 4.23. The zero-order valence-corrected chi connectivity index (χ0v) is 23.5. The monoisotopic (exact) mass is 766 g/mol. The van der Waals surface area contributed by atoms with Crippen molar-refractivity contribution in [2.45, 2.75) is 12.5 Å². The van der Waals surface area contributed by atoms with Gasteiger partial charge in [-0.15, -0.1) is 0 Å². The summed E-state index contributed by atoms with van der Waals surface area (Å²) in [6, 6.07) is 9.77. The van der Waals surface area contributed by atoms with Crippen LogP contribution >= 0.6 is 0 Å². The molecule has 1 aromatic rings. The van der Waals surface area contributed by atoms with E-state index in [-0.39, 0.29) is 34.8 Å². The fraction of sp³-hybridized carbons (Fsp3) is 0.125. The molecule has 0 bridgehead atoms. The molecule has 1 saturated carbocycles. The fourth-order valence-corrected chi connectivity index (χ4v) is 1.83. The van der Waals surface area contributed by atoms with Gasteiger partial charge in [0.2, 0.25) is 0 Å². The van der Waals surface area contributed by atoms with Crippen LogP contribution in [0.1, 0.15) is 18.1 Å². The topological polar surface area (TPSA) is 186 Å². The molecule has 1 saturated heterocycles. The molecule has 13 heteroatoms. The van der Waals surface area contributed by atoms with Gasteiger partial charge in [0.25, 0.3) is 5.97 Å². The zero-order chi connectivity index (χ0) is 30.8. The Morgan fingerprint density at radius 1 is 0.676 bits per heavy atom. The fourth-order valence-electron chi connectivity index (χ4n) is 1.83. The molecule has 1 aromatic carbocycles. The minimum absolute atomic E-state index is 0. The summed E-state index contributed by atoms with van der Waals surface area (Å²) in [4.78, 5) is 11.1. The first-order valence-corrected chi connectivity index (χ1v) is 12.2. The Bertz CT molecular complexity index is 643. The number of cyclic esters (lactones) is 1. The summed E-state index contributed by atoms with van der Waals surface area (Å²) < 4.78 is 65.2. The van der Waals surface area contributed by atoms with E-state index in [4.69, 9.17) is 42.0 Å². The predicted molar refractivity (Wildman–Crippen MR) is 102 cm³/mol. The Kier molecular flexibility index (Phi) is 124. The summed E-state index contributed by atoms with van der Waals surface area (Å²) in [5.74, 6) is -0.390. The van der Waals surface area contributed by atoms with E-state index in [9.17, 15) is 4.79 Å². The average molecular weight is 766 g/mol. The van der Waals surface area contributed by atoms with E-state index in [2.05, 4.69) is 72.7 Å². The third-order valence-electron chi connectivity index (χ3n) is 2.82. The third-order valence-corrected chi connectivity index (χ3v) is 2.82. The van der Waals surface area contributed by atoms with Crippen molar-refractivity contribution in [1.29, 1.82) is 0 Å². The second-order valence-corrected chi connectivity index (χ2v) is 4.23. The van der Waals surface area contributed by atoms with Crippen molar-refractivity contribution >= 4 is 5.97 Å². The molecule has 1 aliphatic carbocycles. The molecular weight excluding hydrogens is 750 g/mol. The summed E-state index contributed by atoms with van der Waals surface area (Å²) in [5.41, 5.74) is 1.06. The number of carbonyl (C=O) groups is 1. The molecule has 6 radical (unpaired) electrons. The molecular formula is C24H16Co2O10W-. The van der Waals surface area contributed by atoms with Crippen molar-refractivity contribution in [1.82, 2.24) is 0 Å². The van der Waals surface area contributed by atoms with Crippen molar-refractivity contribution in [3.05, 3.63) is 128 Å². The van der Waals surface area contributed by atoms with Crippen LogP contribution < -0.4 is 0 Å². The molecule has 0 spiro atoms. The van der Waals surface area contributed by atoms with E-state index in [1.807, 2.05) is 62.4 Å². The van der Waals surface area contributed by atoms with Crippen LogP contribution in [0.15, 0.2) is 30.3 Å². The Hall–Kier alpha value is -1.69. The summed E-state index contributed by atoms with van der Waals surface area (Å²) in [5, 5.41) is 0. The normalized spacial score (nSPS) is 13.4. The number of ether oxygens (including phenoxy) is 1. The van der Waals surface area contributed by atoms with Crippen molar-refractivity contribution in [2.24, 2.45) is 5.92 Å². The molecule has 10 nitrogen and oxygen atoms in total. The molecule has 197 valence electrons. The van der Waals surface area contributed by atoms with Gasteiger partial charge >= 0.3 is 120 Å². The van der Waals surface area contributed by atoms with E-state index in [0.717, 1.165) is 5.56 Å². The van der Waals surface area contributed by atoms with Gasteiger partial charge in [-0.2, -0.15) is 0 Å². The van der Waals surface area contributed by atoms with Crippen molar-refractivity contribution in [3.8, 4) is 0 Å². The molecule has 0 N–H and O–H groups in total. The maximum atomic E-state index is 11.1. The number of rotatable bonds is 1. The minimum atomic E-state index is -0.204. The summed E-state index contributed by atoms with van der Waals surface area (Å²) >= 11 is 4.92. The van der Waals surface area contributed by atoms with Gasteiger partial charge in [-0.25, -0.2) is 0 Å². The van der Waals surface area contributed by atoms with Crippen LogP contribution in [-0.2, 0) is 93.3 Å². The van der Waals surface area contributed by atoms with Crippen LogP contribution in [0.4, 0.5) is 0 Å². The molecule has 1 aliphatic heterocycles. The van der Waals surface area contributed by atoms with Crippen LogP contribution in [0, 0.1) is 98.1 Å². The van der Waals surface area contributed by atoms with Gasteiger partial charge in [0.1, 0.15) is 6.10 Å². The standard InChI is InChI=1S/C11H11O2.C5H5.8CO.2Co.W/c1-8-7-10(13-11(8)12)9-5-3-2-4-6-9;1-2-4-5-3-1;8*1-2;;;/h2-6,8,10H,1,7H2;1-5H;;;;;;;;;;;/q-1;;;;;;;;;;;;/t8-,10+;;;;;;;;;;;;/m1............/s1. The number of carbonyl (C=O) groups excluding carboxylic acids is 1. The van der Waals surface area contributed by atoms with Crippen LogP contribution in [-0.4, -0.2) is 5.97 Å². The van der Waals surface area contributed by atoms with Gasteiger partial charge in [0.05, 0.1) is 0 Å². The number of hydrogen-bond donors (Lipinski definition) is 0. The molecule has 0 aromatic heterocycles. The van der Waals surface area contributed by atoms with Crippen LogP contribution in [0.25, 0.3) is 0 Å². The van der Waals surface area contributed by atoms with Gasteiger partial charge in [-0.3, -0.25) is 4.79 Å². The molecule has 2 atom stereocenters. The zero-order valence-electron chi connectivity index (χ0n) is 18.5. The van der Waals surface area contributed by atoms with Crippen LogP contribution in [0.2, 0.25) is 0 Å². The average Bonchev–Trinajstić information content (AvgIpc) is 3.73. The number of benzene rings is 1. The molecule has 3 rings (SSSR count). The van der Waals surface area contributed by atoms with Crippen LogP contribution in [0.3, 0.4) is 0 Å². The Morgan fingerprint density at radius 2 is 0.946 bits per heavy atom. The van der Waals surface area contributed by atoms with Gasteiger partial charge in [-0.05, 0) is 44.1 Å². The quantitative estimate of drug-likeness (QED) is 0.242. The van der Waals surface area contributed by atoms with Gasteiger partial charge < -0.3 is 11.7 Å². The number of hydrogen-bond acceptors (Lipinski definition) is 2. The van der Waals surface area contributed by atoms with E-state index in [1.165, 1.54) is 17.2 Å². The summed E-state index contributed by atoms with van der Waals surface area (Å²) in [7, 11) is 0. The first-order valence-electron chi connectivity index (χ1n) is 7.79. The molecule has 37 heavy (non-hydrogen) atoms. The van der Waals surface area contributed by atoms with E-state index < -0.39 is 0 Å². The summed E-state index contributed by atoms with van der Waals surface area (Å²) in [6.07, 6.45) is 10.6. The van der Waals surface area contributed by atoms with Gasteiger partial charge in [-0.1, -0.05) is 36.2 Å². The van der Waals surface area contributed by atoms with Gasteiger partial charge in [0.15, 0.2) is 0 Å². The summed E-state index contributed by atoms with van der Waals surface area (Å²) in [6.45, 7) is 39.7. The predicted octanol–water partition coefficient (Wildman–Crippen LogP) is 2.84. The Balaban J connectivity index is -0.0000000399. The van der Waals surface area contributed by atoms with Crippen LogP contribution in [0.5, 0.6) is 0 Å². The Morgan fingerprint density at radius 3 is 1.16 bits per heavy atom. The molecule has 0 amide bonds. The third kappa shape index (κ3) is 48.0. The van der Waals surface area contributed by atoms with E-state index >= 15 is 0 Å². The SMILES string of the molecule is [C-]#[O+].[C-]#[O+].[C-]#[O+].[C-]#[O+].[C-]#[O+].[C-]#[O+].[C-]#[O+].[C-]#[O+].[CH2-][C@@H]1C[C@@H](c2ccccc2)OC1=O.[CH]1[CH][CH][CH][CH]1.[Co].[Co]=[W]. The first kappa shape index (κ1) is 60.0. The number of esters is 1. The molecule has 2 fully saturated rings. The van der Waals surface area contributed by atoms with Crippen molar-refractivity contribution in [2.75, 3.05) is 0 Å². The molecule has 1 heterocycles. The second kappa shape index (κ2) is 76.5.